The number of carbonyl (C=O) groups is 1. The van der Waals surface area contributed by atoms with E-state index in [0.29, 0.717) is 6.42 Å². The van der Waals surface area contributed by atoms with E-state index >= 15 is 0 Å². The highest BCUT2D eigenvalue weighted by molar-refractivity contribution is 5.95. The number of hydrogen-bond donors (Lipinski definition) is 1. The molecule has 2 aliphatic heterocycles. The van der Waals surface area contributed by atoms with Gasteiger partial charge < -0.3 is 14.6 Å². The van der Waals surface area contributed by atoms with Crippen LogP contribution in [0.4, 0.5) is 5.69 Å². The maximum Gasteiger partial charge on any atom is 0.265 e. The van der Waals surface area contributed by atoms with E-state index in [1.165, 1.54) is 12.8 Å². The Hall–Kier alpha value is -3.15. The van der Waals surface area contributed by atoms with E-state index in [1.54, 1.807) is 0 Å². The number of hydrogen-bond acceptors (Lipinski definition) is 4. The number of ether oxygens (including phenoxy) is 1. The SMILES string of the molecule is O=C(Nc1ccc(-c2nnc3n2CCCCC3)cc1)[C@@H]1Cc2ccccc2O1. The van der Waals surface area contributed by atoms with Crippen molar-refractivity contribution in [2.24, 2.45) is 0 Å². The van der Waals surface area contributed by atoms with Crippen molar-refractivity contribution in [2.75, 3.05) is 5.32 Å². The third kappa shape index (κ3) is 3.15. The molecule has 0 spiro atoms. The molecule has 6 nitrogen and oxygen atoms in total. The van der Waals surface area contributed by atoms with Gasteiger partial charge in [0.05, 0.1) is 0 Å². The maximum absolute atomic E-state index is 12.6. The quantitative estimate of drug-likeness (QED) is 0.760. The number of carbonyl (C=O) groups excluding carboxylic acids is 1. The molecule has 0 unspecified atom stereocenters. The average molecular weight is 374 g/mol. The Morgan fingerprint density at radius 1 is 1.04 bits per heavy atom. The number of aromatic nitrogens is 3. The number of nitrogens with zero attached hydrogens (tertiary/aromatic N) is 3. The molecule has 1 aromatic heterocycles. The fraction of sp³-hybridized carbons (Fsp3) is 0.318. The van der Waals surface area contributed by atoms with E-state index in [2.05, 4.69) is 20.1 Å². The molecule has 0 aliphatic carbocycles. The van der Waals surface area contributed by atoms with Gasteiger partial charge in [0.25, 0.3) is 5.91 Å². The standard InChI is InChI=1S/C22H22N4O2/c27-22(19-14-16-6-3-4-7-18(16)28-19)23-17-11-9-15(10-12-17)21-25-24-20-8-2-1-5-13-26(20)21/h3-4,6-7,9-12,19H,1-2,5,8,13-14H2,(H,23,27)/t19-/m0/s1. The summed E-state index contributed by atoms with van der Waals surface area (Å²) in [7, 11) is 0. The van der Waals surface area contributed by atoms with Gasteiger partial charge >= 0.3 is 0 Å². The zero-order valence-electron chi connectivity index (χ0n) is 15.6. The smallest absolute Gasteiger partial charge is 0.265 e. The van der Waals surface area contributed by atoms with Crippen LogP contribution in [0.1, 0.15) is 30.7 Å². The molecule has 0 fully saturated rings. The van der Waals surface area contributed by atoms with E-state index < -0.39 is 6.10 Å². The van der Waals surface area contributed by atoms with Crippen molar-refractivity contribution < 1.29 is 9.53 Å². The Bertz CT molecular complexity index is 985. The molecule has 1 amide bonds. The lowest BCUT2D eigenvalue weighted by molar-refractivity contribution is -0.122. The Balaban J connectivity index is 1.29. The van der Waals surface area contributed by atoms with Gasteiger partial charge in [0, 0.05) is 30.6 Å². The molecule has 28 heavy (non-hydrogen) atoms. The number of rotatable bonds is 3. The second kappa shape index (κ2) is 7.11. The molecule has 0 radical (unpaired) electrons. The molecule has 6 heteroatoms. The lowest BCUT2D eigenvalue weighted by atomic mass is 10.1. The molecule has 3 aromatic rings. The monoisotopic (exact) mass is 374 g/mol. The van der Waals surface area contributed by atoms with Crippen molar-refractivity contribution in [1.29, 1.82) is 0 Å². The lowest BCUT2D eigenvalue weighted by Crippen LogP contribution is -2.31. The summed E-state index contributed by atoms with van der Waals surface area (Å²) in [5.74, 6) is 2.65. The summed E-state index contributed by atoms with van der Waals surface area (Å²) >= 11 is 0. The first-order valence-corrected chi connectivity index (χ1v) is 9.86. The van der Waals surface area contributed by atoms with Crippen molar-refractivity contribution in [3.05, 3.63) is 59.9 Å². The Morgan fingerprint density at radius 2 is 1.89 bits per heavy atom. The zero-order valence-corrected chi connectivity index (χ0v) is 15.6. The molecule has 0 saturated heterocycles. The molecular formula is C22H22N4O2. The Morgan fingerprint density at radius 3 is 2.75 bits per heavy atom. The third-order valence-electron chi connectivity index (χ3n) is 5.46. The van der Waals surface area contributed by atoms with Gasteiger partial charge in [0.2, 0.25) is 0 Å². The van der Waals surface area contributed by atoms with Gasteiger partial charge in [0.15, 0.2) is 11.9 Å². The molecule has 1 N–H and O–H groups in total. The van der Waals surface area contributed by atoms with Gasteiger partial charge in [0.1, 0.15) is 11.6 Å². The molecule has 5 rings (SSSR count). The molecule has 3 heterocycles. The van der Waals surface area contributed by atoms with Crippen LogP contribution in [0.3, 0.4) is 0 Å². The van der Waals surface area contributed by atoms with Crippen LogP contribution in [0.25, 0.3) is 11.4 Å². The number of amides is 1. The first-order chi connectivity index (χ1) is 13.8. The average Bonchev–Trinajstić information content (AvgIpc) is 3.26. The van der Waals surface area contributed by atoms with Crippen LogP contribution in [0.2, 0.25) is 0 Å². The van der Waals surface area contributed by atoms with Gasteiger partial charge in [-0.25, -0.2) is 0 Å². The highest BCUT2D eigenvalue weighted by Crippen LogP contribution is 2.29. The number of anilines is 1. The van der Waals surface area contributed by atoms with Crippen molar-refractivity contribution in [3.8, 4) is 17.1 Å². The maximum atomic E-state index is 12.6. The van der Waals surface area contributed by atoms with Crippen molar-refractivity contribution in [3.63, 3.8) is 0 Å². The molecular weight excluding hydrogens is 352 g/mol. The largest absolute Gasteiger partial charge is 0.480 e. The summed E-state index contributed by atoms with van der Waals surface area (Å²) in [6.45, 7) is 0.968. The summed E-state index contributed by atoms with van der Waals surface area (Å²) in [4.78, 5) is 12.6. The predicted molar refractivity (Wildman–Crippen MR) is 106 cm³/mol. The summed E-state index contributed by atoms with van der Waals surface area (Å²) in [5.41, 5.74) is 2.84. The van der Waals surface area contributed by atoms with Crippen molar-refractivity contribution in [1.82, 2.24) is 14.8 Å². The summed E-state index contributed by atoms with van der Waals surface area (Å²) in [6, 6.07) is 15.6. The first-order valence-electron chi connectivity index (χ1n) is 9.86. The molecule has 0 saturated carbocycles. The number of fused-ring (bicyclic) bond motifs is 2. The molecule has 2 aliphatic rings. The highest BCUT2D eigenvalue weighted by Gasteiger charge is 2.28. The fourth-order valence-electron chi connectivity index (χ4n) is 3.95. The number of nitrogens with one attached hydrogen (secondary N) is 1. The van der Waals surface area contributed by atoms with Gasteiger partial charge in [-0.3, -0.25) is 4.79 Å². The molecule has 2 aromatic carbocycles. The number of benzene rings is 2. The highest BCUT2D eigenvalue weighted by atomic mass is 16.5. The number of aryl methyl sites for hydroxylation is 1. The normalized spacial score (nSPS) is 17.9. The van der Waals surface area contributed by atoms with Gasteiger partial charge in [-0.2, -0.15) is 0 Å². The van der Waals surface area contributed by atoms with Gasteiger partial charge in [-0.15, -0.1) is 10.2 Å². The second-order valence-electron chi connectivity index (χ2n) is 7.39. The van der Waals surface area contributed by atoms with Gasteiger partial charge in [-0.05, 0) is 48.7 Å². The lowest BCUT2D eigenvalue weighted by Gasteiger charge is -2.12. The van der Waals surface area contributed by atoms with Crippen LogP contribution in [0.15, 0.2) is 48.5 Å². The van der Waals surface area contributed by atoms with Crippen LogP contribution in [-0.4, -0.2) is 26.8 Å². The van der Waals surface area contributed by atoms with Crippen LogP contribution in [-0.2, 0) is 24.2 Å². The van der Waals surface area contributed by atoms with E-state index in [1.807, 2.05) is 48.5 Å². The number of para-hydroxylation sites is 1. The minimum absolute atomic E-state index is 0.125. The van der Waals surface area contributed by atoms with Crippen LogP contribution >= 0.6 is 0 Å². The molecule has 142 valence electrons. The molecule has 1 atom stereocenters. The summed E-state index contributed by atoms with van der Waals surface area (Å²) in [6.07, 6.45) is 4.69. The van der Waals surface area contributed by atoms with E-state index in [9.17, 15) is 4.79 Å². The fourth-order valence-corrected chi connectivity index (χ4v) is 3.95. The minimum Gasteiger partial charge on any atom is -0.480 e. The van der Waals surface area contributed by atoms with Crippen LogP contribution < -0.4 is 10.1 Å². The minimum atomic E-state index is -0.482. The third-order valence-corrected chi connectivity index (χ3v) is 5.46. The predicted octanol–water partition coefficient (Wildman–Crippen LogP) is 3.61. The Kier molecular flexibility index (Phi) is 4.31. The van der Waals surface area contributed by atoms with E-state index in [-0.39, 0.29) is 5.91 Å². The summed E-state index contributed by atoms with van der Waals surface area (Å²) in [5, 5.41) is 11.7. The zero-order chi connectivity index (χ0) is 18.9. The topological polar surface area (TPSA) is 69.0 Å². The van der Waals surface area contributed by atoms with Crippen LogP contribution in [0, 0.1) is 0 Å². The van der Waals surface area contributed by atoms with Crippen molar-refractivity contribution in [2.45, 2.75) is 44.8 Å². The second-order valence-corrected chi connectivity index (χ2v) is 7.39. The first kappa shape index (κ1) is 17.0. The Labute approximate surface area is 163 Å². The summed E-state index contributed by atoms with van der Waals surface area (Å²) < 4.78 is 7.99. The van der Waals surface area contributed by atoms with E-state index in [4.69, 9.17) is 4.74 Å². The van der Waals surface area contributed by atoms with Gasteiger partial charge in [-0.1, -0.05) is 24.6 Å². The van der Waals surface area contributed by atoms with E-state index in [0.717, 1.165) is 53.6 Å². The van der Waals surface area contributed by atoms with Crippen LogP contribution in [0.5, 0.6) is 5.75 Å². The molecule has 0 bridgehead atoms. The van der Waals surface area contributed by atoms with Crippen molar-refractivity contribution >= 4 is 11.6 Å².